The number of rotatable bonds is 5. The van der Waals surface area contributed by atoms with E-state index in [0.717, 1.165) is 29.8 Å². The van der Waals surface area contributed by atoms with Crippen LogP contribution in [0.5, 0.6) is 0 Å². The van der Waals surface area contributed by atoms with Gasteiger partial charge in [-0.25, -0.2) is 19.3 Å². The fourth-order valence-electron chi connectivity index (χ4n) is 4.02. The summed E-state index contributed by atoms with van der Waals surface area (Å²) in [6, 6.07) is 6.39. The molecule has 2 aromatic heterocycles. The molecule has 1 aliphatic rings. The van der Waals surface area contributed by atoms with Gasteiger partial charge in [0.2, 0.25) is 5.91 Å². The number of hydrogen-bond acceptors (Lipinski definition) is 5. The molecule has 0 saturated carbocycles. The summed E-state index contributed by atoms with van der Waals surface area (Å²) in [5, 5.41) is 3.12. The van der Waals surface area contributed by atoms with Gasteiger partial charge in [-0.05, 0) is 43.2 Å². The fraction of sp³-hybridized carbons (Fsp3) is 0.375. The maximum absolute atomic E-state index is 13.8. The van der Waals surface area contributed by atoms with Gasteiger partial charge < -0.3 is 5.32 Å². The molecule has 1 aliphatic carbocycles. The number of hydrogen-bond donors (Lipinski definition) is 1. The van der Waals surface area contributed by atoms with Crippen molar-refractivity contribution in [1.29, 1.82) is 0 Å². The standard InChI is InChI=1S/C24H26FN5O/c1-15-12-27-21(14-26-15)23-28-13-17-19(10-24(2,3)11-20(17)30-23)29-22(31)9-8-16-6-4-5-7-18(16)25/h4-7,12-14,19H,8-11H2,1-3H3,(H,29,31)/t19-/m1/s1. The Kier molecular flexibility index (Phi) is 5.76. The highest BCUT2D eigenvalue weighted by molar-refractivity contribution is 5.76. The van der Waals surface area contributed by atoms with Crippen LogP contribution in [0.1, 0.15) is 55.2 Å². The lowest BCUT2D eigenvalue weighted by Crippen LogP contribution is -2.37. The van der Waals surface area contributed by atoms with Crippen molar-refractivity contribution in [3.8, 4) is 11.5 Å². The van der Waals surface area contributed by atoms with Crippen LogP contribution in [0.3, 0.4) is 0 Å². The third kappa shape index (κ3) is 4.93. The second kappa shape index (κ2) is 8.49. The first kappa shape index (κ1) is 21.0. The molecule has 4 rings (SSSR count). The molecule has 2 heterocycles. The third-order valence-electron chi connectivity index (χ3n) is 5.60. The predicted octanol–water partition coefficient (Wildman–Crippen LogP) is 4.14. The minimum absolute atomic E-state index is 0.0267. The SMILES string of the molecule is Cc1cnc(-c2ncc3c(n2)CC(C)(C)C[C@H]3NC(=O)CCc2ccccc2F)cn1. The average Bonchev–Trinajstić information content (AvgIpc) is 2.72. The first-order valence-electron chi connectivity index (χ1n) is 10.5. The molecule has 7 heteroatoms. The van der Waals surface area contributed by atoms with Crippen LogP contribution >= 0.6 is 0 Å². The summed E-state index contributed by atoms with van der Waals surface area (Å²) < 4.78 is 13.8. The van der Waals surface area contributed by atoms with Gasteiger partial charge in [-0.3, -0.25) is 9.78 Å². The van der Waals surface area contributed by atoms with Crippen LogP contribution in [-0.2, 0) is 17.6 Å². The van der Waals surface area contributed by atoms with Crippen LogP contribution in [0.15, 0.2) is 42.9 Å². The summed E-state index contributed by atoms with van der Waals surface area (Å²) in [5.74, 6) is 0.151. The molecule has 0 unspecified atom stereocenters. The Morgan fingerprint density at radius 1 is 1.16 bits per heavy atom. The van der Waals surface area contributed by atoms with Crippen LogP contribution in [0.2, 0.25) is 0 Å². The topological polar surface area (TPSA) is 80.7 Å². The zero-order valence-corrected chi connectivity index (χ0v) is 18.0. The van der Waals surface area contributed by atoms with Gasteiger partial charge in [-0.1, -0.05) is 32.0 Å². The largest absolute Gasteiger partial charge is 0.349 e. The van der Waals surface area contributed by atoms with Crippen LogP contribution in [-0.4, -0.2) is 25.8 Å². The molecular formula is C24H26FN5O. The van der Waals surface area contributed by atoms with Gasteiger partial charge in [0.05, 0.1) is 23.6 Å². The second-order valence-electron chi connectivity index (χ2n) is 8.90. The van der Waals surface area contributed by atoms with E-state index < -0.39 is 0 Å². The van der Waals surface area contributed by atoms with E-state index in [2.05, 4.69) is 34.1 Å². The monoisotopic (exact) mass is 419 g/mol. The Bertz CT molecular complexity index is 1100. The van der Waals surface area contributed by atoms with E-state index in [1.165, 1.54) is 6.07 Å². The lowest BCUT2D eigenvalue weighted by molar-refractivity contribution is -0.122. The zero-order chi connectivity index (χ0) is 22.0. The highest BCUT2D eigenvalue weighted by atomic mass is 19.1. The van der Waals surface area contributed by atoms with Crippen molar-refractivity contribution in [1.82, 2.24) is 25.3 Å². The summed E-state index contributed by atoms with van der Waals surface area (Å²) >= 11 is 0. The van der Waals surface area contributed by atoms with Gasteiger partial charge in [0.1, 0.15) is 11.5 Å². The van der Waals surface area contributed by atoms with E-state index in [1.807, 2.05) is 6.92 Å². The Morgan fingerprint density at radius 2 is 1.97 bits per heavy atom. The number of nitrogens with one attached hydrogen (secondary N) is 1. The number of fused-ring (bicyclic) bond motifs is 1. The Labute approximate surface area is 181 Å². The second-order valence-corrected chi connectivity index (χ2v) is 8.90. The number of halogens is 1. The molecule has 3 aromatic rings. The normalized spacial score (nSPS) is 17.1. The molecule has 0 fully saturated rings. The first-order chi connectivity index (χ1) is 14.8. The summed E-state index contributed by atoms with van der Waals surface area (Å²) in [6.45, 7) is 6.22. The van der Waals surface area contributed by atoms with Gasteiger partial charge in [-0.2, -0.15) is 0 Å². The maximum atomic E-state index is 13.8. The van der Waals surface area contributed by atoms with Gasteiger partial charge in [0.25, 0.3) is 0 Å². The molecule has 6 nitrogen and oxygen atoms in total. The minimum atomic E-state index is -0.278. The number of carbonyl (C=O) groups is 1. The van der Waals surface area contributed by atoms with Crippen LogP contribution < -0.4 is 5.32 Å². The van der Waals surface area contributed by atoms with Gasteiger partial charge >= 0.3 is 0 Å². The number of aromatic nitrogens is 4. The summed E-state index contributed by atoms with van der Waals surface area (Å²) in [6.07, 6.45) is 7.33. The molecule has 0 spiro atoms. The molecule has 1 N–H and O–H groups in total. The highest BCUT2D eigenvalue weighted by Crippen LogP contribution is 2.40. The lowest BCUT2D eigenvalue weighted by atomic mass is 9.74. The van der Waals surface area contributed by atoms with E-state index in [-0.39, 0.29) is 29.6 Å². The smallest absolute Gasteiger partial charge is 0.220 e. The predicted molar refractivity (Wildman–Crippen MR) is 116 cm³/mol. The van der Waals surface area contributed by atoms with Crippen LogP contribution in [0.4, 0.5) is 4.39 Å². The molecule has 160 valence electrons. The van der Waals surface area contributed by atoms with Crippen LogP contribution in [0.25, 0.3) is 11.5 Å². The molecule has 1 amide bonds. The molecule has 0 saturated heterocycles. The van der Waals surface area contributed by atoms with E-state index in [1.54, 1.807) is 36.8 Å². The Morgan fingerprint density at radius 3 is 2.71 bits per heavy atom. The van der Waals surface area contributed by atoms with Gasteiger partial charge in [0.15, 0.2) is 5.82 Å². The van der Waals surface area contributed by atoms with Crippen molar-refractivity contribution in [3.63, 3.8) is 0 Å². The van der Waals surface area contributed by atoms with E-state index in [4.69, 9.17) is 4.98 Å². The number of aryl methyl sites for hydroxylation is 2. The highest BCUT2D eigenvalue weighted by Gasteiger charge is 2.34. The molecule has 1 atom stereocenters. The number of amides is 1. The fourth-order valence-corrected chi connectivity index (χ4v) is 4.02. The van der Waals surface area contributed by atoms with E-state index >= 15 is 0 Å². The number of benzene rings is 1. The van der Waals surface area contributed by atoms with Gasteiger partial charge in [0, 0.05) is 24.4 Å². The Balaban J connectivity index is 1.52. The van der Waals surface area contributed by atoms with Crippen molar-refractivity contribution in [2.45, 2.75) is 52.5 Å². The summed E-state index contributed by atoms with van der Waals surface area (Å²) in [4.78, 5) is 30.5. The molecule has 31 heavy (non-hydrogen) atoms. The quantitative estimate of drug-likeness (QED) is 0.672. The third-order valence-corrected chi connectivity index (χ3v) is 5.60. The molecule has 0 bridgehead atoms. The minimum Gasteiger partial charge on any atom is -0.349 e. The maximum Gasteiger partial charge on any atom is 0.220 e. The summed E-state index contributed by atoms with van der Waals surface area (Å²) in [5.41, 5.74) is 3.84. The zero-order valence-electron chi connectivity index (χ0n) is 18.0. The average molecular weight is 420 g/mol. The van der Waals surface area contributed by atoms with E-state index in [0.29, 0.717) is 23.5 Å². The van der Waals surface area contributed by atoms with Crippen molar-refractivity contribution in [2.24, 2.45) is 5.41 Å². The van der Waals surface area contributed by atoms with E-state index in [9.17, 15) is 9.18 Å². The number of carbonyl (C=O) groups excluding carboxylic acids is 1. The molecule has 0 radical (unpaired) electrons. The van der Waals surface area contributed by atoms with Gasteiger partial charge in [-0.15, -0.1) is 0 Å². The van der Waals surface area contributed by atoms with Crippen LogP contribution in [0, 0.1) is 18.2 Å². The van der Waals surface area contributed by atoms with Crippen molar-refractivity contribution in [2.75, 3.05) is 0 Å². The van der Waals surface area contributed by atoms with Crippen molar-refractivity contribution < 1.29 is 9.18 Å². The Hall–Kier alpha value is -3.22. The first-order valence-corrected chi connectivity index (χ1v) is 10.5. The molecule has 1 aromatic carbocycles. The molecular weight excluding hydrogens is 393 g/mol. The van der Waals surface area contributed by atoms with Crippen molar-refractivity contribution >= 4 is 5.91 Å². The van der Waals surface area contributed by atoms with Crippen molar-refractivity contribution in [3.05, 3.63) is 71.2 Å². The number of nitrogens with zero attached hydrogens (tertiary/aromatic N) is 4. The lowest BCUT2D eigenvalue weighted by Gasteiger charge is -2.36. The summed E-state index contributed by atoms with van der Waals surface area (Å²) in [7, 11) is 0. The molecule has 0 aliphatic heterocycles.